The summed E-state index contributed by atoms with van der Waals surface area (Å²) in [5, 5.41) is 15.8. The lowest BCUT2D eigenvalue weighted by Crippen LogP contribution is -1.99. The molecule has 0 aliphatic heterocycles. The maximum atomic E-state index is 5.83. The summed E-state index contributed by atoms with van der Waals surface area (Å²) in [6, 6.07) is 5.56. The van der Waals surface area contributed by atoms with Crippen molar-refractivity contribution < 1.29 is 0 Å². The first-order valence-corrected chi connectivity index (χ1v) is 6.26. The number of aryl methyl sites for hydroxylation is 1. The van der Waals surface area contributed by atoms with Crippen molar-refractivity contribution in [2.24, 2.45) is 7.05 Å². The van der Waals surface area contributed by atoms with Crippen LogP contribution in [0.15, 0.2) is 35.1 Å². The summed E-state index contributed by atoms with van der Waals surface area (Å²) < 4.78 is 4.19. The van der Waals surface area contributed by atoms with Gasteiger partial charge in [0, 0.05) is 22.8 Å². The molecule has 3 aromatic rings. The Kier molecular flexibility index (Phi) is 2.79. The average Bonchev–Trinajstić information content (AvgIpc) is 2.95. The Bertz CT molecular complexity index is 710. The minimum atomic E-state index is 0.612. The van der Waals surface area contributed by atoms with Crippen LogP contribution in [0.4, 0.5) is 5.69 Å². The van der Waals surface area contributed by atoms with Crippen LogP contribution >= 0.6 is 15.9 Å². The monoisotopic (exact) mass is 319 g/mol. The van der Waals surface area contributed by atoms with Crippen LogP contribution in [0.3, 0.4) is 0 Å². The van der Waals surface area contributed by atoms with Crippen molar-refractivity contribution >= 4 is 21.6 Å². The molecule has 0 aliphatic rings. The molecule has 1 aromatic carbocycles. The molecule has 96 valence electrons. The number of tetrazole rings is 1. The van der Waals surface area contributed by atoms with Crippen LogP contribution in [0.5, 0.6) is 0 Å². The minimum Gasteiger partial charge on any atom is -0.399 e. The van der Waals surface area contributed by atoms with E-state index in [1.54, 1.807) is 15.6 Å². The highest BCUT2D eigenvalue weighted by Crippen LogP contribution is 2.25. The fourth-order valence-electron chi connectivity index (χ4n) is 1.80. The van der Waals surface area contributed by atoms with Gasteiger partial charge in [-0.25, -0.2) is 0 Å². The van der Waals surface area contributed by atoms with Crippen LogP contribution < -0.4 is 5.73 Å². The average molecular weight is 320 g/mol. The molecule has 2 heterocycles. The maximum Gasteiger partial charge on any atom is 0.187 e. The number of anilines is 1. The van der Waals surface area contributed by atoms with E-state index in [0.29, 0.717) is 11.5 Å². The van der Waals surface area contributed by atoms with Gasteiger partial charge >= 0.3 is 0 Å². The zero-order chi connectivity index (χ0) is 13.4. The Balaban J connectivity index is 2.14. The minimum absolute atomic E-state index is 0.612. The number of nitrogens with two attached hydrogens (primary N) is 1. The van der Waals surface area contributed by atoms with Gasteiger partial charge in [-0.15, -0.1) is 5.10 Å². The molecule has 2 N–H and O–H groups in total. The van der Waals surface area contributed by atoms with Gasteiger partial charge in [-0.3, -0.25) is 4.68 Å². The van der Waals surface area contributed by atoms with Crippen LogP contribution in [0.25, 0.3) is 17.1 Å². The fraction of sp³-hybridized carbons (Fsp3) is 0.0909. The van der Waals surface area contributed by atoms with Gasteiger partial charge in [0.15, 0.2) is 5.82 Å². The van der Waals surface area contributed by atoms with Crippen LogP contribution in [-0.2, 0) is 7.05 Å². The smallest absolute Gasteiger partial charge is 0.187 e. The molecule has 0 saturated heterocycles. The molecular weight excluding hydrogens is 310 g/mol. The molecule has 7 nitrogen and oxygen atoms in total. The van der Waals surface area contributed by atoms with Crippen LogP contribution in [0.2, 0.25) is 0 Å². The molecule has 2 aromatic heterocycles. The highest BCUT2D eigenvalue weighted by atomic mass is 79.9. The standard InChI is InChI=1S/C11H10BrN7/c1-18-6-10(5-14-18)19-11(15-16-17-19)7-2-8(12)4-9(13)3-7/h2-6H,13H2,1H3. The van der Waals surface area contributed by atoms with Gasteiger partial charge in [-0.2, -0.15) is 9.78 Å². The van der Waals surface area contributed by atoms with Crippen LogP contribution in [0.1, 0.15) is 0 Å². The lowest BCUT2D eigenvalue weighted by atomic mass is 10.2. The van der Waals surface area contributed by atoms with Crippen molar-refractivity contribution in [2.45, 2.75) is 0 Å². The maximum absolute atomic E-state index is 5.83. The Hall–Kier alpha value is -2.22. The number of halogens is 1. The number of hydrogen-bond donors (Lipinski definition) is 1. The van der Waals surface area contributed by atoms with E-state index in [0.717, 1.165) is 15.7 Å². The van der Waals surface area contributed by atoms with Crippen molar-refractivity contribution in [2.75, 3.05) is 5.73 Å². The molecule has 3 rings (SSSR count). The number of rotatable bonds is 2. The third-order valence-corrected chi connectivity index (χ3v) is 3.04. The number of benzene rings is 1. The normalized spacial score (nSPS) is 10.8. The van der Waals surface area contributed by atoms with Gasteiger partial charge in [0.2, 0.25) is 0 Å². The molecular formula is C11H10BrN7. The fourth-order valence-corrected chi connectivity index (χ4v) is 2.31. The third-order valence-electron chi connectivity index (χ3n) is 2.58. The molecule has 0 unspecified atom stereocenters. The largest absolute Gasteiger partial charge is 0.399 e. The van der Waals surface area contributed by atoms with Gasteiger partial charge in [-0.1, -0.05) is 15.9 Å². The first-order valence-electron chi connectivity index (χ1n) is 5.47. The lowest BCUT2D eigenvalue weighted by molar-refractivity contribution is 0.762. The number of nitrogens with zero attached hydrogens (tertiary/aromatic N) is 6. The van der Waals surface area contributed by atoms with E-state index in [1.807, 2.05) is 31.4 Å². The van der Waals surface area contributed by atoms with E-state index in [-0.39, 0.29) is 0 Å². The second-order valence-electron chi connectivity index (χ2n) is 4.06. The SMILES string of the molecule is Cn1cc(-n2nnnc2-c2cc(N)cc(Br)c2)cn1. The first-order chi connectivity index (χ1) is 9.13. The third kappa shape index (κ3) is 2.22. The van der Waals surface area contributed by atoms with E-state index in [2.05, 4.69) is 36.6 Å². The predicted octanol–water partition coefficient (Wildman–Crippen LogP) is 1.41. The van der Waals surface area contributed by atoms with Crippen LogP contribution in [-0.4, -0.2) is 30.0 Å². The van der Waals surface area contributed by atoms with E-state index in [4.69, 9.17) is 5.73 Å². The van der Waals surface area contributed by atoms with Gasteiger partial charge in [0.25, 0.3) is 0 Å². The summed E-state index contributed by atoms with van der Waals surface area (Å²) in [5.41, 5.74) is 8.10. The number of hydrogen-bond acceptors (Lipinski definition) is 5. The Morgan fingerprint density at radius 2 is 2.11 bits per heavy atom. The Morgan fingerprint density at radius 3 is 2.79 bits per heavy atom. The summed E-state index contributed by atoms with van der Waals surface area (Å²) in [6.07, 6.45) is 3.53. The molecule has 0 aliphatic carbocycles. The quantitative estimate of drug-likeness (QED) is 0.721. The van der Waals surface area contributed by atoms with E-state index in [1.165, 1.54) is 0 Å². The van der Waals surface area contributed by atoms with E-state index in [9.17, 15) is 0 Å². The zero-order valence-electron chi connectivity index (χ0n) is 10.0. The summed E-state index contributed by atoms with van der Waals surface area (Å²) in [6.45, 7) is 0. The second-order valence-corrected chi connectivity index (χ2v) is 4.98. The summed E-state index contributed by atoms with van der Waals surface area (Å²) in [7, 11) is 1.84. The summed E-state index contributed by atoms with van der Waals surface area (Å²) in [5.74, 6) is 0.612. The summed E-state index contributed by atoms with van der Waals surface area (Å²) >= 11 is 3.41. The van der Waals surface area contributed by atoms with Crippen molar-refractivity contribution in [1.82, 2.24) is 30.0 Å². The van der Waals surface area contributed by atoms with Crippen molar-refractivity contribution in [1.29, 1.82) is 0 Å². The molecule has 0 radical (unpaired) electrons. The Morgan fingerprint density at radius 1 is 1.26 bits per heavy atom. The first kappa shape index (κ1) is 11.8. The van der Waals surface area contributed by atoms with Gasteiger partial charge in [0.05, 0.1) is 12.4 Å². The topological polar surface area (TPSA) is 87.4 Å². The lowest BCUT2D eigenvalue weighted by Gasteiger charge is -2.03. The highest BCUT2D eigenvalue weighted by Gasteiger charge is 2.12. The Labute approximate surface area is 117 Å². The molecule has 0 atom stereocenters. The molecule has 19 heavy (non-hydrogen) atoms. The summed E-state index contributed by atoms with van der Waals surface area (Å²) in [4.78, 5) is 0. The molecule has 0 bridgehead atoms. The van der Waals surface area contributed by atoms with E-state index < -0.39 is 0 Å². The van der Waals surface area contributed by atoms with Gasteiger partial charge < -0.3 is 5.73 Å². The van der Waals surface area contributed by atoms with Gasteiger partial charge in [-0.05, 0) is 28.6 Å². The van der Waals surface area contributed by atoms with Crippen molar-refractivity contribution in [3.63, 3.8) is 0 Å². The highest BCUT2D eigenvalue weighted by molar-refractivity contribution is 9.10. The van der Waals surface area contributed by atoms with Gasteiger partial charge in [0.1, 0.15) is 5.69 Å². The van der Waals surface area contributed by atoms with Crippen molar-refractivity contribution in [3.8, 4) is 17.1 Å². The second kappa shape index (κ2) is 4.47. The zero-order valence-corrected chi connectivity index (χ0v) is 11.6. The molecule has 8 heteroatoms. The number of nitrogen functional groups attached to an aromatic ring is 1. The predicted molar refractivity (Wildman–Crippen MR) is 73.5 cm³/mol. The van der Waals surface area contributed by atoms with Crippen LogP contribution in [0, 0.1) is 0 Å². The number of aromatic nitrogens is 6. The molecule has 0 spiro atoms. The molecule has 0 amide bonds. The molecule has 0 saturated carbocycles. The molecule has 0 fully saturated rings. The van der Waals surface area contributed by atoms with E-state index >= 15 is 0 Å². The van der Waals surface area contributed by atoms with Crippen molar-refractivity contribution in [3.05, 3.63) is 35.1 Å².